The smallest absolute Gasteiger partial charge is 0.276 e. The van der Waals surface area contributed by atoms with Crippen LogP contribution in [0.3, 0.4) is 0 Å². The molecule has 0 bridgehead atoms. The van der Waals surface area contributed by atoms with Crippen molar-refractivity contribution in [2.75, 3.05) is 23.9 Å². The molecule has 1 aliphatic rings. The van der Waals surface area contributed by atoms with E-state index in [0.29, 0.717) is 34.8 Å². The van der Waals surface area contributed by atoms with Gasteiger partial charge in [0.15, 0.2) is 0 Å². The number of imidazole rings is 1. The number of carbonyl (C=O) groups is 2. The minimum atomic E-state index is -0.478. The SMILES string of the molecule is COc1ccc(-n2cncc2-c2cccc(C(=O)N3CCc4cc(C(=O)Nc5c(C)cccc5F)sc4-c4ccccc43)n2)cc1. The largest absolute Gasteiger partial charge is 0.497 e. The van der Waals surface area contributed by atoms with Gasteiger partial charge in [0.2, 0.25) is 0 Å². The monoisotopic (exact) mass is 629 g/mol. The summed E-state index contributed by atoms with van der Waals surface area (Å²) in [5, 5.41) is 2.74. The molecule has 1 aliphatic heterocycles. The third-order valence-electron chi connectivity index (χ3n) is 8.00. The van der Waals surface area contributed by atoms with Crippen LogP contribution in [0.25, 0.3) is 27.5 Å². The predicted molar refractivity (Wildman–Crippen MR) is 178 cm³/mol. The molecule has 0 saturated heterocycles. The number of nitrogens with zero attached hydrogens (tertiary/aromatic N) is 4. The number of nitrogens with one attached hydrogen (secondary N) is 1. The Balaban J connectivity index is 1.18. The Labute approximate surface area is 268 Å². The number of amides is 2. The summed E-state index contributed by atoms with van der Waals surface area (Å²) >= 11 is 1.34. The first kappa shape index (κ1) is 29.1. The molecule has 8 nitrogen and oxygen atoms in total. The lowest BCUT2D eigenvalue weighted by Crippen LogP contribution is -2.33. The van der Waals surface area contributed by atoms with Crippen LogP contribution < -0.4 is 15.0 Å². The summed E-state index contributed by atoms with van der Waals surface area (Å²) < 4.78 is 21.6. The number of fused-ring (bicyclic) bond motifs is 3. The van der Waals surface area contributed by atoms with Crippen LogP contribution in [-0.4, -0.2) is 40.0 Å². The second kappa shape index (κ2) is 12.1. The van der Waals surface area contributed by atoms with Crippen molar-refractivity contribution in [3.63, 3.8) is 0 Å². The zero-order chi connectivity index (χ0) is 31.8. The van der Waals surface area contributed by atoms with Gasteiger partial charge in [-0.3, -0.25) is 14.2 Å². The van der Waals surface area contributed by atoms with E-state index in [2.05, 4.69) is 10.3 Å². The van der Waals surface area contributed by atoms with Gasteiger partial charge in [0.1, 0.15) is 17.3 Å². The highest BCUT2D eigenvalue weighted by Crippen LogP contribution is 2.42. The topological polar surface area (TPSA) is 89.4 Å². The van der Waals surface area contributed by atoms with Crippen LogP contribution in [0.15, 0.2) is 104 Å². The number of halogens is 1. The molecule has 7 rings (SSSR count). The van der Waals surface area contributed by atoms with Crippen LogP contribution in [0, 0.1) is 12.7 Å². The van der Waals surface area contributed by atoms with E-state index in [1.807, 2.05) is 71.3 Å². The molecule has 4 heterocycles. The summed E-state index contributed by atoms with van der Waals surface area (Å²) in [7, 11) is 1.62. The van der Waals surface area contributed by atoms with E-state index in [9.17, 15) is 14.0 Å². The first-order valence-corrected chi connectivity index (χ1v) is 15.5. The number of aryl methyl sites for hydroxylation is 1. The molecule has 0 atom stereocenters. The Hall–Kier alpha value is -5.61. The number of benzene rings is 3. The van der Waals surface area contributed by atoms with Crippen LogP contribution >= 0.6 is 11.3 Å². The van der Waals surface area contributed by atoms with Crippen LogP contribution in [-0.2, 0) is 6.42 Å². The van der Waals surface area contributed by atoms with Crippen molar-refractivity contribution in [1.29, 1.82) is 0 Å². The van der Waals surface area contributed by atoms with Crippen molar-refractivity contribution in [2.24, 2.45) is 0 Å². The Morgan fingerprint density at radius 3 is 2.59 bits per heavy atom. The quantitative estimate of drug-likeness (QED) is 0.205. The molecule has 46 heavy (non-hydrogen) atoms. The van der Waals surface area contributed by atoms with Gasteiger partial charge in [0.05, 0.1) is 47.3 Å². The highest BCUT2D eigenvalue weighted by atomic mass is 32.1. The second-order valence-electron chi connectivity index (χ2n) is 10.8. The molecule has 6 aromatic rings. The fraction of sp³-hybridized carbons (Fsp3) is 0.111. The molecule has 3 aromatic heterocycles. The summed E-state index contributed by atoms with van der Waals surface area (Å²) in [6, 6.07) is 27.2. The third-order valence-corrected chi connectivity index (χ3v) is 9.21. The molecule has 3 aromatic carbocycles. The van der Waals surface area contributed by atoms with E-state index in [4.69, 9.17) is 9.72 Å². The maximum atomic E-state index is 14.4. The molecule has 0 spiro atoms. The molecule has 0 fully saturated rings. The number of thiophene rings is 1. The van der Waals surface area contributed by atoms with E-state index in [0.717, 1.165) is 38.8 Å². The van der Waals surface area contributed by atoms with Crippen LogP contribution in [0.4, 0.5) is 15.8 Å². The molecule has 0 saturated carbocycles. The zero-order valence-electron chi connectivity index (χ0n) is 25.0. The minimum Gasteiger partial charge on any atom is -0.497 e. The third kappa shape index (κ3) is 5.33. The number of hydrogen-bond donors (Lipinski definition) is 1. The molecule has 0 radical (unpaired) electrons. The molecule has 0 unspecified atom stereocenters. The van der Waals surface area contributed by atoms with Gasteiger partial charge < -0.3 is 15.0 Å². The molecule has 10 heteroatoms. The first-order chi connectivity index (χ1) is 22.4. The number of hydrogen-bond acceptors (Lipinski definition) is 6. The number of rotatable bonds is 6. The number of ether oxygens (including phenoxy) is 1. The summed E-state index contributed by atoms with van der Waals surface area (Å²) in [6.07, 6.45) is 3.96. The van der Waals surface area contributed by atoms with Gasteiger partial charge >= 0.3 is 0 Å². The van der Waals surface area contributed by atoms with Gasteiger partial charge in [0, 0.05) is 22.7 Å². The molecule has 0 aliphatic carbocycles. The molecular weight excluding hydrogens is 601 g/mol. The highest BCUT2D eigenvalue weighted by molar-refractivity contribution is 7.17. The Morgan fingerprint density at radius 2 is 1.78 bits per heavy atom. The molecular formula is C36H28FN5O3S. The Morgan fingerprint density at radius 1 is 0.978 bits per heavy atom. The van der Waals surface area contributed by atoms with Crippen molar-refractivity contribution in [3.8, 4) is 33.3 Å². The van der Waals surface area contributed by atoms with Crippen LogP contribution in [0.1, 0.15) is 31.3 Å². The van der Waals surface area contributed by atoms with Crippen molar-refractivity contribution in [1.82, 2.24) is 14.5 Å². The summed E-state index contributed by atoms with van der Waals surface area (Å²) in [6.45, 7) is 2.15. The molecule has 1 N–H and O–H groups in total. The van der Waals surface area contributed by atoms with Gasteiger partial charge in [-0.15, -0.1) is 11.3 Å². The van der Waals surface area contributed by atoms with Crippen molar-refractivity contribution in [2.45, 2.75) is 13.3 Å². The van der Waals surface area contributed by atoms with Gasteiger partial charge in [-0.05, 0) is 79.1 Å². The van der Waals surface area contributed by atoms with Crippen molar-refractivity contribution >= 4 is 34.5 Å². The lowest BCUT2D eigenvalue weighted by molar-refractivity contribution is 0.0981. The number of carbonyl (C=O) groups excluding carboxylic acids is 2. The summed E-state index contributed by atoms with van der Waals surface area (Å²) in [5.41, 5.74) is 5.91. The molecule has 228 valence electrons. The number of para-hydroxylation sites is 2. The average molecular weight is 630 g/mol. The van der Waals surface area contributed by atoms with Crippen LogP contribution in [0.2, 0.25) is 0 Å². The average Bonchev–Trinajstić information content (AvgIpc) is 3.72. The van der Waals surface area contributed by atoms with Gasteiger partial charge in [-0.25, -0.2) is 14.4 Å². The standard InChI is InChI=1S/C36H28FN5O3S/c1-22-7-5-9-27(37)33(22)40-35(43)32-19-23-17-18-41(30-12-4-3-8-26(30)34(23)46-32)36(44)29-11-6-10-28(39-29)31-20-38-21-42(31)24-13-15-25(45-2)16-14-24/h3-16,19-21H,17-18H2,1-2H3,(H,40,43). The van der Waals surface area contributed by atoms with Crippen molar-refractivity contribution in [3.05, 3.63) is 131 Å². The van der Waals surface area contributed by atoms with Gasteiger partial charge in [-0.1, -0.05) is 36.4 Å². The minimum absolute atomic E-state index is 0.176. The fourth-order valence-electron chi connectivity index (χ4n) is 5.65. The number of anilines is 2. The number of methoxy groups -OCH3 is 1. The van der Waals surface area contributed by atoms with E-state index in [1.165, 1.54) is 17.4 Å². The second-order valence-corrected chi connectivity index (χ2v) is 11.9. The maximum absolute atomic E-state index is 14.4. The highest BCUT2D eigenvalue weighted by Gasteiger charge is 2.28. The zero-order valence-corrected chi connectivity index (χ0v) is 25.8. The van der Waals surface area contributed by atoms with Crippen LogP contribution in [0.5, 0.6) is 5.75 Å². The maximum Gasteiger partial charge on any atom is 0.276 e. The lowest BCUT2D eigenvalue weighted by Gasteiger charge is -2.23. The predicted octanol–water partition coefficient (Wildman–Crippen LogP) is 7.57. The van der Waals surface area contributed by atoms with E-state index in [-0.39, 0.29) is 17.5 Å². The Bertz CT molecular complexity index is 2080. The van der Waals surface area contributed by atoms with E-state index in [1.54, 1.807) is 49.7 Å². The van der Waals surface area contributed by atoms with E-state index < -0.39 is 5.82 Å². The lowest BCUT2D eigenvalue weighted by atomic mass is 10.1. The molecule has 2 amide bonds. The van der Waals surface area contributed by atoms with E-state index >= 15 is 0 Å². The van der Waals surface area contributed by atoms with Gasteiger partial charge in [-0.2, -0.15) is 0 Å². The number of aromatic nitrogens is 3. The van der Waals surface area contributed by atoms with Gasteiger partial charge in [0.25, 0.3) is 11.8 Å². The normalized spacial score (nSPS) is 12.2. The first-order valence-electron chi connectivity index (χ1n) is 14.7. The summed E-state index contributed by atoms with van der Waals surface area (Å²) in [4.78, 5) is 39.6. The Kier molecular flexibility index (Phi) is 7.63. The number of pyridine rings is 1. The van der Waals surface area contributed by atoms with Crippen molar-refractivity contribution < 1.29 is 18.7 Å². The summed E-state index contributed by atoms with van der Waals surface area (Å²) in [5.74, 6) is -0.325. The fourth-order valence-corrected chi connectivity index (χ4v) is 6.79.